The lowest BCUT2D eigenvalue weighted by Gasteiger charge is -1.98. The molecule has 0 aliphatic rings. The number of nitrogens with zero attached hydrogens (tertiary/aromatic N) is 6. The molecule has 2 heterocycles. The Bertz CT molecular complexity index is 916. The monoisotopic (exact) mass is 392 g/mol. The van der Waals surface area contributed by atoms with Gasteiger partial charge in [-0.15, -0.1) is 0 Å². The zero-order valence-corrected chi connectivity index (χ0v) is 16.2. The highest BCUT2D eigenvalue weighted by Gasteiger charge is 2.08. The molecule has 0 spiro atoms. The van der Waals surface area contributed by atoms with E-state index in [9.17, 15) is 0 Å². The molecule has 0 aliphatic carbocycles. The average molecular weight is 393 g/mol. The van der Waals surface area contributed by atoms with Crippen LogP contribution in [0.2, 0.25) is 0 Å². The van der Waals surface area contributed by atoms with Crippen LogP contribution in [0.15, 0.2) is 34.3 Å². The maximum absolute atomic E-state index is 8.91. The van der Waals surface area contributed by atoms with Gasteiger partial charge in [-0.1, -0.05) is 46.9 Å². The lowest BCUT2D eigenvalue weighted by Crippen LogP contribution is -2.13. The molecule has 0 fully saturated rings. The molecule has 10 heteroatoms. The molecule has 2 N–H and O–H groups in total. The van der Waals surface area contributed by atoms with E-state index >= 15 is 0 Å². The topological polar surface area (TPSA) is 101 Å². The fourth-order valence-corrected chi connectivity index (χ4v) is 4.09. The molecule has 0 amide bonds. The zero-order valence-electron chi connectivity index (χ0n) is 14.5. The van der Waals surface area contributed by atoms with Crippen molar-refractivity contribution in [3.8, 4) is 21.1 Å². The predicted octanol–water partition coefficient (Wildman–Crippen LogP) is 0.397. The Morgan fingerprint density at radius 3 is 1.54 bits per heavy atom. The number of aryl methyl sites for hydroxylation is 2. The molecule has 0 bridgehead atoms. The van der Waals surface area contributed by atoms with Crippen molar-refractivity contribution in [2.75, 3.05) is 26.3 Å². The second kappa shape index (κ2) is 8.49. The van der Waals surface area contributed by atoms with Gasteiger partial charge in [0.15, 0.2) is 0 Å². The number of aliphatic hydroxyl groups excluding tert-OH is 2. The molecule has 8 nitrogen and oxygen atoms in total. The highest BCUT2D eigenvalue weighted by molar-refractivity contribution is 7.12. The van der Waals surface area contributed by atoms with Crippen LogP contribution in [0.3, 0.4) is 0 Å². The first kappa shape index (κ1) is 18.6. The van der Waals surface area contributed by atoms with Crippen molar-refractivity contribution in [2.24, 2.45) is 24.1 Å². The molecule has 0 radical (unpaired) electrons. The first-order valence-electron chi connectivity index (χ1n) is 8.04. The van der Waals surface area contributed by atoms with Gasteiger partial charge in [0.25, 0.3) is 0 Å². The molecular weight excluding hydrogens is 372 g/mol. The lowest BCUT2D eigenvalue weighted by atomic mass is 10.1. The van der Waals surface area contributed by atoms with Crippen molar-refractivity contribution >= 4 is 22.7 Å². The zero-order chi connectivity index (χ0) is 18.5. The van der Waals surface area contributed by atoms with E-state index in [2.05, 4.69) is 20.2 Å². The van der Waals surface area contributed by atoms with Crippen LogP contribution in [0.25, 0.3) is 21.1 Å². The van der Waals surface area contributed by atoms with E-state index < -0.39 is 0 Å². The number of benzene rings is 1. The maximum atomic E-state index is 8.91. The van der Waals surface area contributed by atoms with E-state index in [0.717, 1.165) is 30.7 Å². The van der Waals surface area contributed by atoms with Crippen LogP contribution in [0, 0.1) is 0 Å². The first-order valence-corrected chi connectivity index (χ1v) is 9.67. The normalized spacial score (nSPS) is 12.9. The summed E-state index contributed by atoms with van der Waals surface area (Å²) in [6, 6.07) is 8.04. The fourth-order valence-electron chi connectivity index (χ4n) is 2.25. The second-order valence-electron chi connectivity index (χ2n) is 5.41. The molecular formula is C16H20N6O2S2. The van der Waals surface area contributed by atoms with E-state index in [0.29, 0.717) is 13.1 Å². The quantitative estimate of drug-likeness (QED) is 0.634. The van der Waals surface area contributed by atoms with Crippen LogP contribution >= 0.6 is 22.7 Å². The summed E-state index contributed by atoms with van der Waals surface area (Å²) >= 11 is 2.98. The van der Waals surface area contributed by atoms with Crippen molar-refractivity contribution in [1.82, 2.24) is 19.6 Å². The Balaban J connectivity index is 1.88. The molecule has 2 aromatic heterocycles. The van der Waals surface area contributed by atoms with E-state index in [1.165, 1.54) is 22.7 Å². The number of rotatable bonds is 6. The van der Waals surface area contributed by atoms with Crippen LogP contribution in [-0.2, 0) is 14.1 Å². The van der Waals surface area contributed by atoms with Gasteiger partial charge in [-0.3, -0.25) is 9.98 Å². The van der Waals surface area contributed by atoms with Gasteiger partial charge in [-0.05, 0) is 0 Å². The molecule has 0 saturated carbocycles. The van der Waals surface area contributed by atoms with Crippen LogP contribution < -0.4 is 9.60 Å². The van der Waals surface area contributed by atoms with Gasteiger partial charge >= 0.3 is 0 Å². The van der Waals surface area contributed by atoms with E-state index in [4.69, 9.17) is 10.2 Å². The summed E-state index contributed by atoms with van der Waals surface area (Å²) in [4.78, 5) is 10.2. The van der Waals surface area contributed by atoms with Crippen LogP contribution in [0.1, 0.15) is 0 Å². The molecule has 26 heavy (non-hydrogen) atoms. The third-order valence-electron chi connectivity index (χ3n) is 3.48. The number of aromatic nitrogens is 4. The third-order valence-corrected chi connectivity index (χ3v) is 5.66. The summed E-state index contributed by atoms with van der Waals surface area (Å²) in [7, 11) is 3.69. The van der Waals surface area contributed by atoms with Gasteiger partial charge in [-0.25, -0.2) is 9.36 Å². The fraction of sp³-hybridized carbons (Fsp3) is 0.375. The predicted molar refractivity (Wildman–Crippen MR) is 102 cm³/mol. The van der Waals surface area contributed by atoms with Crippen molar-refractivity contribution in [1.29, 1.82) is 0 Å². The summed E-state index contributed by atoms with van der Waals surface area (Å²) in [5.41, 5.74) is 2.01. The van der Waals surface area contributed by atoms with Crippen molar-refractivity contribution < 1.29 is 10.2 Å². The van der Waals surface area contributed by atoms with Crippen molar-refractivity contribution in [3.05, 3.63) is 33.9 Å². The minimum atomic E-state index is 0.0275. The van der Waals surface area contributed by atoms with E-state index in [-0.39, 0.29) is 13.2 Å². The standard InChI is InChI=1S/C16H20N6O2S2/c1-21-15(17-7-9-23)25-13(19-21)11-3-5-12(6-4-11)14-20-22(2)16(26-14)18-8-10-24/h3-6,23-24H,7-10H2,1-2H3. The summed E-state index contributed by atoms with van der Waals surface area (Å²) in [6.07, 6.45) is 0. The van der Waals surface area contributed by atoms with Gasteiger partial charge < -0.3 is 10.2 Å². The Morgan fingerprint density at radius 2 is 1.19 bits per heavy atom. The highest BCUT2D eigenvalue weighted by atomic mass is 32.1. The van der Waals surface area contributed by atoms with Crippen LogP contribution in [0.4, 0.5) is 0 Å². The number of aliphatic hydroxyl groups is 2. The Labute approximate surface area is 158 Å². The molecule has 3 aromatic rings. The molecule has 0 saturated heterocycles. The van der Waals surface area contributed by atoms with E-state index in [1.807, 2.05) is 38.4 Å². The largest absolute Gasteiger partial charge is 0.394 e. The molecule has 0 unspecified atom stereocenters. The smallest absolute Gasteiger partial charge is 0.203 e. The average Bonchev–Trinajstić information content (AvgIpc) is 3.21. The first-order chi connectivity index (χ1) is 12.6. The van der Waals surface area contributed by atoms with E-state index in [1.54, 1.807) is 9.36 Å². The Morgan fingerprint density at radius 1 is 0.808 bits per heavy atom. The van der Waals surface area contributed by atoms with Crippen LogP contribution in [0.5, 0.6) is 0 Å². The summed E-state index contributed by atoms with van der Waals surface area (Å²) in [5, 5.41) is 28.5. The summed E-state index contributed by atoms with van der Waals surface area (Å²) in [5.74, 6) is 0. The maximum Gasteiger partial charge on any atom is 0.203 e. The Kier molecular flexibility index (Phi) is 6.09. The number of hydrogen-bond acceptors (Lipinski definition) is 8. The molecule has 0 atom stereocenters. The molecule has 0 aliphatic heterocycles. The summed E-state index contributed by atoms with van der Waals surface area (Å²) in [6.45, 7) is 0.803. The highest BCUT2D eigenvalue weighted by Crippen LogP contribution is 2.24. The Hall–Kier alpha value is -2.14. The lowest BCUT2D eigenvalue weighted by molar-refractivity contribution is 0.305. The SMILES string of the molecule is Cn1nc(-c2ccc(-c3nn(C)c(=NCCO)s3)cc2)sc1=NCCO. The van der Waals surface area contributed by atoms with Gasteiger partial charge in [0.05, 0.1) is 26.3 Å². The molecule has 3 rings (SSSR count). The minimum absolute atomic E-state index is 0.0275. The second-order valence-corrected chi connectivity index (χ2v) is 7.33. The van der Waals surface area contributed by atoms with Gasteiger partial charge in [-0.2, -0.15) is 10.2 Å². The summed E-state index contributed by atoms with van der Waals surface area (Å²) < 4.78 is 3.44. The van der Waals surface area contributed by atoms with Gasteiger partial charge in [0.2, 0.25) is 9.60 Å². The molecule has 1 aromatic carbocycles. The van der Waals surface area contributed by atoms with Crippen LogP contribution in [-0.4, -0.2) is 56.1 Å². The van der Waals surface area contributed by atoms with Crippen molar-refractivity contribution in [2.45, 2.75) is 0 Å². The minimum Gasteiger partial charge on any atom is -0.394 e. The van der Waals surface area contributed by atoms with Gasteiger partial charge in [0, 0.05) is 25.2 Å². The van der Waals surface area contributed by atoms with Gasteiger partial charge in [0.1, 0.15) is 10.0 Å². The number of hydrogen-bond donors (Lipinski definition) is 2. The molecule has 138 valence electrons. The van der Waals surface area contributed by atoms with Crippen molar-refractivity contribution in [3.63, 3.8) is 0 Å². The third kappa shape index (κ3) is 4.15.